The van der Waals surface area contributed by atoms with Crippen molar-refractivity contribution in [3.63, 3.8) is 0 Å². The predicted octanol–water partition coefficient (Wildman–Crippen LogP) is 4.75. The van der Waals surface area contributed by atoms with Gasteiger partial charge in [-0.25, -0.2) is 0 Å². The first-order valence-corrected chi connectivity index (χ1v) is 10.7. The zero-order chi connectivity index (χ0) is 21.2. The van der Waals surface area contributed by atoms with Gasteiger partial charge in [0.25, 0.3) is 0 Å². The Bertz CT molecular complexity index is 1190. The van der Waals surface area contributed by atoms with Gasteiger partial charge in [0.05, 0.1) is 17.8 Å². The molecule has 1 aromatic carbocycles. The predicted molar refractivity (Wildman–Crippen MR) is 126 cm³/mol. The van der Waals surface area contributed by atoms with E-state index in [1.54, 1.807) is 6.20 Å². The number of aryl methyl sites for hydroxylation is 1. The van der Waals surface area contributed by atoms with Crippen molar-refractivity contribution in [1.29, 1.82) is 0 Å². The number of benzene rings is 1. The Hall–Kier alpha value is -3.51. The molecular formula is C25H23N5S. The monoisotopic (exact) mass is 425 g/mol. The summed E-state index contributed by atoms with van der Waals surface area (Å²) in [6.07, 6.45) is 7.64. The number of hydrogen-bond donors (Lipinski definition) is 1. The maximum Gasteiger partial charge on any atom is 0.170 e. The van der Waals surface area contributed by atoms with Crippen molar-refractivity contribution in [3.05, 3.63) is 114 Å². The Morgan fingerprint density at radius 2 is 1.94 bits per heavy atom. The fraction of sp³-hybridized carbons (Fsp3) is 0.160. The van der Waals surface area contributed by atoms with Crippen molar-refractivity contribution in [2.45, 2.75) is 25.6 Å². The first-order chi connectivity index (χ1) is 15.2. The average molecular weight is 426 g/mol. The zero-order valence-corrected chi connectivity index (χ0v) is 18.0. The molecule has 1 fully saturated rings. The molecule has 1 aliphatic rings. The molecule has 1 aliphatic heterocycles. The highest BCUT2D eigenvalue weighted by Crippen LogP contribution is 2.40. The summed E-state index contributed by atoms with van der Waals surface area (Å²) in [4.78, 5) is 11.2. The van der Waals surface area contributed by atoms with Crippen molar-refractivity contribution in [2.24, 2.45) is 0 Å². The van der Waals surface area contributed by atoms with Crippen LogP contribution in [0.25, 0.3) is 5.69 Å². The second-order valence-corrected chi connectivity index (χ2v) is 8.14. The highest BCUT2D eigenvalue weighted by Gasteiger charge is 2.41. The molecule has 6 heteroatoms. The molecule has 3 aromatic heterocycles. The third-order valence-corrected chi connectivity index (χ3v) is 5.99. The molecule has 0 saturated carbocycles. The quantitative estimate of drug-likeness (QED) is 0.468. The molecule has 1 saturated heterocycles. The van der Waals surface area contributed by atoms with Crippen molar-refractivity contribution in [2.75, 3.05) is 0 Å². The maximum absolute atomic E-state index is 5.81. The smallest absolute Gasteiger partial charge is 0.170 e. The van der Waals surface area contributed by atoms with Crippen LogP contribution in [0.2, 0.25) is 0 Å². The van der Waals surface area contributed by atoms with Crippen LogP contribution >= 0.6 is 12.2 Å². The molecule has 0 aliphatic carbocycles. The standard InChI is InChI=1S/C25H23N5S/c1-18-7-4-9-20(15-18)29-14-6-11-22(29)24-23(21-10-2-3-13-27-21)28-25(31)30(24)17-19-8-5-12-26-16-19/h2-16,23-24H,17H2,1H3,(H,28,31)/t23-,24+/m0/s1. The van der Waals surface area contributed by atoms with Gasteiger partial charge < -0.3 is 14.8 Å². The fourth-order valence-corrected chi connectivity index (χ4v) is 4.54. The normalized spacial score (nSPS) is 18.2. The topological polar surface area (TPSA) is 46.0 Å². The number of aromatic nitrogens is 3. The van der Waals surface area contributed by atoms with Crippen LogP contribution in [0.3, 0.4) is 0 Å². The highest BCUT2D eigenvalue weighted by atomic mass is 32.1. The van der Waals surface area contributed by atoms with Crippen LogP contribution in [0, 0.1) is 6.92 Å². The van der Waals surface area contributed by atoms with Crippen LogP contribution in [0.5, 0.6) is 0 Å². The summed E-state index contributed by atoms with van der Waals surface area (Å²) in [7, 11) is 0. The van der Waals surface area contributed by atoms with Gasteiger partial charge in [-0.15, -0.1) is 0 Å². The van der Waals surface area contributed by atoms with Gasteiger partial charge in [0.15, 0.2) is 5.11 Å². The number of nitrogens with zero attached hydrogens (tertiary/aromatic N) is 4. The van der Waals surface area contributed by atoms with Crippen molar-refractivity contribution in [3.8, 4) is 5.69 Å². The van der Waals surface area contributed by atoms with Crippen LogP contribution in [0.15, 0.2) is 91.5 Å². The minimum absolute atomic E-state index is 0.0156. The van der Waals surface area contributed by atoms with Gasteiger partial charge in [-0.3, -0.25) is 9.97 Å². The molecule has 0 radical (unpaired) electrons. The van der Waals surface area contributed by atoms with Crippen LogP contribution in [-0.2, 0) is 6.54 Å². The van der Waals surface area contributed by atoms with E-state index in [0.29, 0.717) is 6.54 Å². The first-order valence-electron chi connectivity index (χ1n) is 10.3. The van der Waals surface area contributed by atoms with Gasteiger partial charge in [-0.05, 0) is 72.7 Å². The minimum Gasteiger partial charge on any atom is -0.352 e. The number of pyridine rings is 2. The largest absolute Gasteiger partial charge is 0.352 e. The summed E-state index contributed by atoms with van der Waals surface area (Å²) in [6.45, 7) is 2.79. The number of hydrogen-bond acceptors (Lipinski definition) is 3. The van der Waals surface area contributed by atoms with E-state index >= 15 is 0 Å². The molecule has 0 spiro atoms. The van der Waals surface area contributed by atoms with Crippen LogP contribution in [-0.4, -0.2) is 24.5 Å². The van der Waals surface area contributed by atoms with E-state index in [1.165, 1.54) is 5.56 Å². The maximum atomic E-state index is 5.81. The van der Waals surface area contributed by atoms with Crippen LogP contribution in [0.1, 0.15) is 34.6 Å². The minimum atomic E-state index is -0.0520. The summed E-state index contributed by atoms with van der Waals surface area (Å²) in [5.74, 6) is 0. The number of thiocarbonyl (C=S) groups is 1. The molecule has 154 valence electrons. The van der Waals surface area contributed by atoms with E-state index < -0.39 is 0 Å². The molecule has 0 unspecified atom stereocenters. The van der Waals surface area contributed by atoms with Crippen molar-refractivity contribution in [1.82, 2.24) is 24.8 Å². The lowest BCUT2D eigenvalue weighted by molar-refractivity contribution is 0.302. The summed E-state index contributed by atoms with van der Waals surface area (Å²) < 4.78 is 2.25. The Kier molecular flexibility index (Phi) is 5.22. The summed E-state index contributed by atoms with van der Waals surface area (Å²) in [6, 6.07) is 22.8. The summed E-state index contributed by atoms with van der Waals surface area (Å²) >= 11 is 5.81. The van der Waals surface area contributed by atoms with E-state index in [2.05, 4.69) is 86.4 Å². The Balaban J connectivity index is 1.61. The van der Waals surface area contributed by atoms with Gasteiger partial charge in [0.2, 0.25) is 0 Å². The van der Waals surface area contributed by atoms with Gasteiger partial charge in [0, 0.05) is 42.7 Å². The molecule has 0 bridgehead atoms. The van der Waals surface area contributed by atoms with E-state index in [0.717, 1.165) is 27.8 Å². The summed E-state index contributed by atoms with van der Waals surface area (Å²) in [5.41, 5.74) is 5.62. The molecular weight excluding hydrogens is 402 g/mol. The lowest BCUT2D eigenvalue weighted by Gasteiger charge is -2.29. The van der Waals surface area contributed by atoms with Gasteiger partial charge in [-0.1, -0.05) is 24.3 Å². The van der Waals surface area contributed by atoms with Crippen molar-refractivity contribution < 1.29 is 0 Å². The van der Waals surface area contributed by atoms with Gasteiger partial charge in [-0.2, -0.15) is 0 Å². The number of rotatable bonds is 5. The van der Waals surface area contributed by atoms with Gasteiger partial charge in [0.1, 0.15) is 0 Å². The SMILES string of the molecule is Cc1cccc(-n2cccc2[C@@H]2[C@H](c3ccccn3)NC(=S)N2Cc2cccnc2)c1. The average Bonchev–Trinajstić information content (AvgIpc) is 3.40. The van der Waals surface area contributed by atoms with Gasteiger partial charge >= 0.3 is 0 Å². The Labute approximate surface area is 187 Å². The molecule has 4 aromatic rings. The van der Waals surface area contributed by atoms with Crippen LogP contribution < -0.4 is 5.32 Å². The third kappa shape index (κ3) is 3.82. The molecule has 0 amide bonds. The highest BCUT2D eigenvalue weighted by molar-refractivity contribution is 7.80. The van der Waals surface area contributed by atoms with E-state index in [4.69, 9.17) is 12.2 Å². The van der Waals surface area contributed by atoms with E-state index in [9.17, 15) is 0 Å². The third-order valence-electron chi connectivity index (χ3n) is 5.64. The fourth-order valence-electron chi connectivity index (χ4n) is 4.23. The molecule has 5 rings (SSSR count). The second-order valence-electron chi connectivity index (χ2n) is 7.76. The summed E-state index contributed by atoms with van der Waals surface area (Å²) in [5, 5.41) is 4.25. The molecule has 2 atom stereocenters. The molecule has 4 heterocycles. The molecule has 31 heavy (non-hydrogen) atoms. The van der Waals surface area contributed by atoms with Crippen LogP contribution in [0.4, 0.5) is 0 Å². The van der Waals surface area contributed by atoms with E-state index in [-0.39, 0.29) is 12.1 Å². The first kappa shape index (κ1) is 19.5. The lowest BCUT2D eigenvalue weighted by atomic mass is 10.0. The number of nitrogens with one attached hydrogen (secondary N) is 1. The molecule has 5 nitrogen and oxygen atoms in total. The zero-order valence-electron chi connectivity index (χ0n) is 17.2. The molecule has 1 N–H and O–H groups in total. The second kappa shape index (κ2) is 8.32. The Morgan fingerprint density at radius 1 is 1.00 bits per heavy atom. The van der Waals surface area contributed by atoms with E-state index in [1.807, 2.05) is 30.6 Å². The van der Waals surface area contributed by atoms with Crippen molar-refractivity contribution >= 4 is 17.3 Å². The lowest BCUT2D eigenvalue weighted by Crippen LogP contribution is -2.30. The Morgan fingerprint density at radius 3 is 2.71 bits per heavy atom.